The minimum atomic E-state index is 0.0649. The molecule has 1 unspecified atom stereocenters. The van der Waals surface area contributed by atoms with Gasteiger partial charge in [0.25, 0.3) is 0 Å². The van der Waals surface area contributed by atoms with Crippen molar-refractivity contribution < 1.29 is 9.32 Å². The molecule has 6 nitrogen and oxygen atoms in total. The predicted octanol–water partition coefficient (Wildman–Crippen LogP) is 0.802. The van der Waals surface area contributed by atoms with E-state index < -0.39 is 0 Å². The van der Waals surface area contributed by atoms with Gasteiger partial charge in [-0.05, 0) is 32.2 Å². The van der Waals surface area contributed by atoms with Crippen molar-refractivity contribution in [3.8, 4) is 0 Å². The number of carbonyl (C=O) groups excluding carboxylic acids is 1. The van der Waals surface area contributed by atoms with Crippen molar-refractivity contribution in [2.24, 2.45) is 11.7 Å². The van der Waals surface area contributed by atoms with Crippen LogP contribution >= 0.6 is 0 Å². The molecule has 1 amide bonds. The number of aromatic nitrogens is 2. The molecule has 0 spiro atoms. The van der Waals surface area contributed by atoms with Gasteiger partial charge in [-0.25, -0.2) is 0 Å². The summed E-state index contributed by atoms with van der Waals surface area (Å²) in [5.74, 6) is 1.74. The fourth-order valence-corrected chi connectivity index (χ4v) is 1.65. The zero-order valence-electron chi connectivity index (χ0n) is 11.1. The maximum absolute atomic E-state index is 11.5. The van der Waals surface area contributed by atoms with Crippen LogP contribution in [0.1, 0.15) is 37.9 Å². The van der Waals surface area contributed by atoms with E-state index in [1.165, 1.54) is 0 Å². The summed E-state index contributed by atoms with van der Waals surface area (Å²) in [7, 11) is 0. The topological polar surface area (TPSA) is 94.0 Å². The Kier molecular flexibility index (Phi) is 6.35. The van der Waals surface area contributed by atoms with Crippen LogP contribution in [-0.2, 0) is 11.2 Å². The monoisotopic (exact) mass is 254 g/mol. The third-order valence-corrected chi connectivity index (χ3v) is 2.75. The van der Waals surface area contributed by atoms with Crippen molar-refractivity contribution in [2.45, 2.75) is 39.5 Å². The molecular weight excluding hydrogens is 232 g/mol. The Hall–Kier alpha value is -1.43. The Labute approximate surface area is 107 Å². The molecule has 0 aliphatic rings. The summed E-state index contributed by atoms with van der Waals surface area (Å²) >= 11 is 0. The van der Waals surface area contributed by atoms with Crippen molar-refractivity contribution in [3.05, 3.63) is 11.7 Å². The lowest BCUT2D eigenvalue weighted by atomic mass is 10.0. The Morgan fingerprint density at radius 3 is 2.89 bits per heavy atom. The molecular formula is C12H22N4O2. The zero-order valence-corrected chi connectivity index (χ0v) is 11.1. The number of nitrogens with zero attached hydrogens (tertiary/aromatic N) is 2. The molecule has 0 bridgehead atoms. The van der Waals surface area contributed by atoms with Crippen molar-refractivity contribution >= 4 is 5.91 Å². The van der Waals surface area contributed by atoms with Gasteiger partial charge in [-0.3, -0.25) is 4.79 Å². The molecule has 3 N–H and O–H groups in total. The average Bonchev–Trinajstić information content (AvgIpc) is 2.73. The minimum Gasteiger partial charge on any atom is -0.356 e. The van der Waals surface area contributed by atoms with Crippen molar-refractivity contribution in [1.29, 1.82) is 0 Å². The van der Waals surface area contributed by atoms with E-state index in [-0.39, 0.29) is 5.91 Å². The highest BCUT2D eigenvalue weighted by molar-refractivity contribution is 5.75. The molecule has 0 saturated carbocycles. The fraction of sp³-hybridized carbons (Fsp3) is 0.750. The summed E-state index contributed by atoms with van der Waals surface area (Å²) in [5.41, 5.74) is 5.46. The fourth-order valence-electron chi connectivity index (χ4n) is 1.65. The van der Waals surface area contributed by atoms with E-state index in [9.17, 15) is 4.79 Å². The number of rotatable bonds is 8. The van der Waals surface area contributed by atoms with Gasteiger partial charge in [-0.15, -0.1) is 0 Å². The SMILES string of the molecule is Cc1noc(CCNC(=O)CCC(C)CCN)n1. The van der Waals surface area contributed by atoms with Gasteiger partial charge in [0.1, 0.15) is 0 Å². The number of amides is 1. The van der Waals surface area contributed by atoms with Gasteiger partial charge < -0.3 is 15.6 Å². The molecule has 1 aromatic rings. The molecule has 0 saturated heterocycles. The van der Waals surface area contributed by atoms with Gasteiger partial charge in [0.05, 0.1) is 0 Å². The van der Waals surface area contributed by atoms with Crippen molar-refractivity contribution in [3.63, 3.8) is 0 Å². The van der Waals surface area contributed by atoms with Crippen LogP contribution in [0, 0.1) is 12.8 Å². The molecule has 0 fully saturated rings. The number of aryl methyl sites for hydroxylation is 1. The lowest BCUT2D eigenvalue weighted by Crippen LogP contribution is -2.26. The van der Waals surface area contributed by atoms with Crippen molar-refractivity contribution in [1.82, 2.24) is 15.5 Å². The maximum Gasteiger partial charge on any atom is 0.228 e. The van der Waals surface area contributed by atoms with E-state index in [2.05, 4.69) is 22.4 Å². The van der Waals surface area contributed by atoms with E-state index in [4.69, 9.17) is 10.3 Å². The van der Waals surface area contributed by atoms with Crippen LogP contribution in [0.4, 0.5) is 0 Å². The second kappa shape index (κ2) is 7.81. The number of nitrogens with one attached hydrogen (secondary N) is 1. The molecule has 6 heteroatoms. The summed E-state index contributed by atoms with van der Waals surface area (Å²) in [5, 5.41) is 6.52. The lowest BCUT2D eigenvalue weighted by Gasteiger charge is -2.09. The molecule has 102 valence electrons. The van der Waals surface area contributed by atoms with E-state index in [1.807, 2.05) is 0 Å². The van der Waals surface area contributed by atoms with E-state index in [0.717, 1.165) is 12.8 Å². The van der Waals surface area contributed by atoms with Crippen LogP contribution in [0.3, 0.4) is 0 Å². The first kappa shape index (κ1) is 14.6. The zero-order chi connectivity index (χ0) is 13.4. The summed E-state index contributed by atoms with van der Waals surface area (Å²) in [6, 6.07) is 0. The van der Waals surface area contributed by atoms with Gasteiger partial charge in [-0.2, -0.15) is 4.98 Å². The largest absolute Gasteiger partial charge is 0.356 e. The first-order valence-corrected chi connectivity index (χ1v) is 6.37. The molecule has 1 heterocycles. The van der Waals surface area contributed by atoms with Gasteiger partial charge >= 0.3 is 0 Å². The van der Waals surface area contributed by atoms with Crippen LogP contribution in [0.15, 0.2) is 4.52 Å². The van der Waals surface area contributed by atoms with Gasteiger partial charge in [0.2, 0.25) is 11.8 Å². The highest BCUT2D eigenvalue weighted by Gasteiger charge is 2.07. The lowest BCUT2D eigenvalue weighted by molar-refractivity contribution is -0.121. The Bertz CT molecular complexity index is 365. The molecule has 0 aliphatic carbocycles. The Morgan fingerprint density at radius 1 is 1.50 bits per heavy atom. The van der Waals surface area contributed by atoms with Crippen LogP contribution in [0.2, 0.25) is 0 Å². The standard InChI is InChI=1S/C12H22N4O2/c1-9(5-7-13)3-4-11(17)14-8-6-12-15-10(2)16-18-12/h9H,3-8,13H2,1-2H3,(H,14,17). The number of nitrogens with two attached hydrogens (primary N) is 1. The molecule has 1 atom stereocenters. The molecule has 1 rings (SSSR count). The van der Waals surface area contributed by atoms with Crippen LogP contribution in [0.25, 0.3) is 0 Å². The van der Waals surface area contributed by atoms with E-state index >= 15 is 0 Å². The third-order valence-electron chi connectivity index (χ3n) is 2.75. The minimum absolute atomic E-state index is 0.0649. The summed E-state index contributed by atoms with van der Waals surface area (Å²) in [6.45, 7) is 5.09. The van der Waals surface area contributed by atoms with Gasteiger partial charge in [0.15, 0.2) is 5.82 Å². The van der Waals surface area contributed by atoms with E-state index in [1.54, 1.807) is 6.92 Å². The number of hydrogen-bond acceptors (Lipinski definition) is 5. The quantitative estimate of drug-likeness (QED) is 0.715. The van der Waals surface area contributed by atoms with Crippen molar-refractivity contribution in [2.75, 3.05) is 13.1 Å². The third kappa shape index (κ3) is 5.77. The summed E-state index contributed by atoms with van der Waals surface area (Å²) in [6.07, 6.45) is 2.96. The summed E-state index contributed by atoms with van der Waals surface area (Å²) in [4.78, 5) is 15.6. The first-order valence-electron chi connectivity index (χ1n) is 6.37. The highest BCUT2D eigenvalue weighted by Crippen LogP contribution is 2.08. The summed E-state index contributed by atoms with van der Waals surface area (Å²) < 4.78 is 4.95. The van der Waals surface area contributed by atoms with Crippen LogP contribution in [-0.4, -0.2) is 29.1 Å². The first-order chi connectivity index (χ1) is 8.61. The second-order valence-electron chi connectivity index (χ2n) is 4.56. The van der Waals surface area contributed by atoms with Crippen LogP contribution in [0.5, 0.6) is 0 Å². The molecule has 0 radical (unpaired) electrons. The smallest absolute Gasteiger partial charge is 0.228 e. The van der Waals surface area contributed by atoms with E-state index in [0.29, 0.717) is 43.6 Å². The number of carbonyl (C=O) groups is 1. The highest BCUT2D eigenvalue weighted by atomic mass is 16.5. The van der Waals surface area contributed by atoms with Crippen LogP contribution < -0.4 is 11.1 Å². The average molecular weight is 254 g/mol. The molecule has 0 aliphatic heterocycles. The molecule has 18 heavy (non-hydrogen) atoms. The predicted molar refractivity (Wildman–Crippen MR) is 67.8 cm³/mol. The van der Waals surface area contributed by atoms with Gasteiger partial charge in [-0.1, -0.05) is 12.1 Å². The van der Waals surface area contributed by atoms with Gasteiger partial charge in [0, 0.05) is 19.4 Å². The molecule has 0 aromatic carbocycles. The molecule has 1 aromatic heterocycles. The normalized spacial score (nSPS) is 12.4. The Morgan fingerprint density at radius 2 is 2.28 bits per heavy atom. The Balaban J connectivity index is 2.10. The maximum atomic E-state index is 11.5. The number of hydrogen-bond donors (Lipinski definition) is 2. The second-order valence-corrected chi connectivity index (χ2v) is 4.56.